The van der Waals surface area contributed by atoms with Crippen LogP contribution in [0.3, 0.4) is 0 Å². The first-order valence-electron chi connectivity index (χ1n) is 14.6. The summed E-state index contributed by atoms with van der Waals surface area (Å²) in [5.74, 6) is 2.41. The van der Waals surface area contributed by atoms with Crippen LogP contribution in [-0.2, 0) is 11.3 Å². The van der Waals surface area contributed by atoms with Gasteiger partial charge in [-0.3, -0.25) is 4.79 Å². The number of hydrogen-bond acceptors (Lipinski definition) is 7. The number of allylic oxidation sites excluding steroid dienone is 2. The van der Waals surface area contributed by atoms with E-state index < -0.39 is 5.91 Å². The third kappa shape index (κ3) is 6.00. The van der Waals surface area contributed by atoms with Gasteiger partial charge in [0, 0.05) is 65.5 Å². The van der Waals surface area contributed by atoms with Crippen molar-refractivity contribution in [1.29, 1.82) is 0 Å². The quantitative estimate of drug-likeness (QED) is 0.275. The number of nitrogens with zero attached hydrogens (tertiary/aromatic N) is 5. The van der Waals surface area contributed by atoms with Crippen molar-refractivity contribution in [2.45, 2.75) is 26.3 Å². The predicted octanol–water partition coefficient (Wildman–Crippen LogP) is 6.64. The Labute approximate surface area is 267 Å². The molecule has 0 atom stereocenters. The first-order chi connectivity index (χ1) is 21.1. The smallest absolute Gasteiger partial charge is 0.249 e. The molecule has 11 heteroatoms. The molecule has 9 nitrogen and oxygen atoms in total. The number of nitrogens with one attached hydrogen (secondary N) is 1. The average molecular weight is 633 g/mol. The van der Waals surface area contributed by atoms with E-state index in [1.807, 2.05) is 34.8 Å². The van der Waals surface area contributed by atoms with Gasteiger partial charge in [-0.2, -0.15) is 0 Å². The molecule has 1 saturated heterocycles. The van der Waals surface area contributed by atoms with Gasteiger partial charge in [0.2, 0.25) is 5.91 Å². The van der Waals surface area contributed by atoms with Crippen LogP contribution >= 0.6 is 23.2 Å². The summed E-state index contributed by atoms with van der Waals surface area (Å²) in [5.41, 5.74) is 11.3. The number of benzene rings is 1. The molecule has 2 aliphatic heterocycles. The number of fused-ring (bicyclic) bond motifs is 1. The van der Waals surface area contributed by atoms with Gasteiger partial charge < -0.3 is 30.2 Å². The van der Waals surface area contributed by atoms with Crippen molar-refractivity contribution in [3.05, 3.63) is 88.3 Å². The van der Waals surface area contributed by atoms with Gasteiger partial charge in [-0.1, -0.05) is 42.4 Å². The van der Waals surface area contributed by atoms with Gasteiger partial charge in [-0.15, -0.1) is 0 Å². The van der Waals surface area contributed by atoms with Crippen LogP contribution in [0.1, 0.15) is 34.3 Å². The largest absolute Gasteiger partial charge is 0.378 e. The molecule has 4 heterocycles. The Hall–Kier alpha value is -4.05. The molecule has 2 aromatic heterocycles. The topological polar surface area (TPSA) is 101 Å². The second kappa shape index (κ2) is 12.1. The van der Waals surface area contributed by atoms with Gasteiger partial charge in [0.1, 0.15) is 17.5 Å². The Morgan fingerprint density at radius 2 is 1.95 bits per heavy atom. The second-order valence-electron chi connectivity index (χ2n) is 11.4. The highest BCUT2D eigenvalue weighted by molar-refractivity contribution is 6.33. The van der Waals surface area contributed by atoms with Gasteiger partial charge in [-0.05, 0) is 55.0 Å². The first-order valence-corrected chi connectivity index (χ1v) is 15.3. The lowest BCUT2D eigenvalue weighted by Crippen LogP contribution is -2.36. The van der Waals surface area contributed by atoms with Gasteiger partial charge in [-0.25, -0.2) is 9.98 Å². The van der Waals surface area contributed by atoms with E-state index in [-0.39, 0.29) is 0 Å². The van der Waals surface area contributed by atoms with Crippen molar-refractivity contribution in [3.8, 4) is 11.1 Å². The van der Waals surface area contributed by atoms with Crippen LogP contribution in [0.4, 0.5) is 17.3 Å². The highest BCUT2D eigenvalue weighted by Gasteiger charge is 2.29. The van der Waals surface area contributed by atoms with Crippen LogP contribution in [0.15, 0.2) is 66.6 Å². The summed E-state index contributed by atoms with van der Waals surface area (Å²) < 4.78 is 7.51. The zero-order valence-electron chi connectivity index (χ0n) is 24.9. The molecule has 3 N–H and O–H groups in total. The van der Waals surface area contributed by atoms with Crippen LogP contribution < -0.4 is 16.0 Å². The molecular weight excluding hydrogens is 597 g/mol. The van der Waals surface area contributed by atoms with E-state index >= 15 is 0 Å². The Balaban J connectivity index is 1.38. The normalized spacial score (nSPS) is 16.7. The van der Waals surface area contributed by atoms with Gasteiger partial charge in [0.05, 0.1) is 36.7 Å². The summed E-state index contributed by atoms with van der Waals surface area (Å²) in [5, 5.41) is 4.34. The molecule has 1 amide bonds. The maximum atomic E-state index is 12.3. The first kappa shape index (κ1) is 30.0. The SMILES string of the molecule is C=C(Cn1cc(-c2cc(Cl)c(C)c(C(N)=O)c2)c2c1N=C(/C=C/C1CC1)N(C)C2=C)Nc1cc(N2CCOCC2)ncc1Cl. The average Bonchev–Trinajstić information content (AvgIpc) is 3.77. The van der Waals surface area contributed by atoms with Crippen LogP contribution in [0.5, 0.6) is 0 Å². The number of carbonyl (C=O) groups excluding carboxylic acids is 1. The number of nitrogens with two attached hydrogens (primary N) is 1. The predicted molar refractivity (Wildman–Crippen MR) is 179 cm³/mol. The van der Waals surface area contributed by atoms with Crippen molar-refractivity contribution in [2.24, 2.45) is 16.6 Å². The maximum absolute atomic E-state index is 12.3. The van der Waals surface area contributed by atoms with E-state index in [1.54, 1.807) is 19.2 Å². The fourth-order valence-electron chi connectivity index (χ4n) is 5.45. The summed E-state index contributed by atoms with van der Waals surface area (Å²) in [4.78, 5) is 26.0. The standard InChI is InChI=1S/C33H35Cl2N7O2/c1-19(38-28-15-30(37-16-27(28)35)41-9-11-44-12-10-41)17-42-18-25(23-13-24(32(36)43)20(2)26(34)14-23)31-21(3)40(4)29(39-33(31)42)8-7-22-5-6-22/h7-8,13-16,18,22H,1,3,5-6,9-12,17H2,2,4H3,(H2,36,43)(H,37,38)/b8-7+. The molecule has 1 saturated carbocycles. The number of carbonyl (C=O) groups is 1. The number of likely N-dealkylation sites (N-methyl/N-ethyl adjacent to an activating group) is 1. The van der Waals surface area contributed by atoms with Crippen molar-refractivity contribution in [1.82, 2.24) is 14.5 Å². The zero-order valence-corrected chi connectivity index (χ0v) is 26.4. The molecule has 0 spiro atoms. The number of amides is 1. The highest BCUT2D eigenvalue weighted by atomic mass is 35.5. The fourth-order valence-corrected chi connectivity index (χ4v) is 5.82. The van der Waals surface area contributed by atoms with Crippen LogP contribution in [0.25, 0.3) is 16.8 Å². The molecule has 3 aliphatic rings. The molecular formula is C33H35Cl2N7O2. The number of aromatic nitrogens is 2. The van der Waals surface area contributed by atoms with E-state index in [0.717, 1.165) is 52.9 Å². The van der Waals surface area contributed by atoms with Gasteiger partial charge in [0.25, 0.3) is 0 Å². The minimum atomic E-state index is -0.538. The number of halogens is 2. The molecule has 3 aromatic rings. The lowest BCUT2D eigenvalue weighted by Gasteiger charge is -2.28. The third-order valence-corrected chi connectivity index (χ3v) is 8.91. The fraction of sp³-hybridized carbons (Fsp3) is 0.303. The van der Waals surface area contributed by atoms with Crippen molar-refractivity contribution < 1.29 is 9.53 Å². The van der Waals surface area contributed by atoms with E-state index in [4.69, 9.17) is 38.7 Å². The number of pyridine rings is 1. The second-order valence-corrected chi connectivity index (χ2v) is 12.2. The van der Waals surface area contributed by atoms with Crippen LogP contribution in [0, 0.1) is 12.8 Å². The summed E-state index contributed by atoms with van der Waals surface area (Å²) >= 11 is 13.1. The van der Waals surface area contributed by atoms with E-state index in [1.165, 1.54) is 12.8 Å². The number of anilines is 2. The number of amidine groups is 1. The van der Waals surface area contributed by atoms with E-state index in [0.29, 0.717) is 58.2 Å². The third-order valence-electron chi connectivity index (χ3n) is 8.22. The zero-order chi connectivity index (χ0) is 31.1. The number of ether oxygens (including phenoxy) is 1. The minimum Gasteiger partial charge on any atom is -0.378 e. The lowest BCUT2D eigenvalue weighted by molar-refractivity contribution is 0.0999. The maximum Gasteiger partial charge on any atom is 0.249 e. The molecule has 228 valence electrons. The minimum absolute atomic E-state index is 0.370. The van der Waals surface area contributed by atoms with Gasteiger partial charge in [0.15, 0.2) is 0 Å². The van der Waals surface area contributed by atoms with E-state index in [2.05, 4.69) is 40.5 Å². The summed E-state index contributed by atoms with van der Waals surface area (Å²) in [7, 11) is 1.96. The molecule has 1 aromatic carbocycles. The molecule has 6 rings (SSSR count). The molecule has 0 unspecified atom stereocenters. The monoisotopic (exact) mass is 631 g/mol. The number of aliphatic imine (C=N–C) groups is 1. The lowest BCUT2D eigenvalue weighted by atomic mass is 9.96. The Bertz CT molecular complexity index is 1730. The summed E-state index contributed by atoms with van der Waals surface area (Å²) in [6.45, 7) is 13.8. The number of hydrogen-bond donors (Lipinski definition) is 2. The summed E-state index contributed by atoms with van der Waals surface area (Å²) in [6.07, 6.45) is 10.3. The molecule has 0 radical (unpaired) electrons. The Morgan fingerprint density at radius 1 is 1.20 bits per heavy atom. The number of rotatable bonds is 9. The Kier molecular flexibility index (Phi) is 8.28. The molecule has 44 heavy (non-hydrogen) atoms. The van der Waals surface area contributed by atoms with Crippen molar-refractivity contribution in [2.75, 3.05) is 43.6 Å². The Morgan fingerprint density at radius 3 is 2.66 bits per heavy atom. The van der Waals surface area contributed by atoms with Crippen LogP contribution in [-0.4, -0.2) is 59.5 Å². The van der Waals surface area contributed by atoms with Crippen LogP contribution in [0.2, 0.25) is 10.0 Å². The van der Waals surface area contributed by atoms with Gasteiger partial charge >= 0.3 is 0 Å². The van der Waals surface area contributed by atoms with E-state index in [9.17, 15) is 4.79 Å². The molecule has 0 bridgehead atoms. The number of primary amides is 1. The summed E-state index contributed by atoms with van der Waals surface area (Å²) in [6, 6.07) is 5.56. The number of morpholine rings is 1. The molecule has 1 aliphatic carbocycles. The molecule has 2 fully saturated rings. The highest BCUT2D eigenvalue weighted by Crippen LogP contribution is 2.43. The van der Waals surface area contributed by atoms with Crippen molar-refractivity contribution in [3.63, 3.8) is 0 Å². The van der Waals surface area contributed by atoms with Crippen molar-refractivity contribution >= 4 is 58.0 Å².